The molecule has 0 fully saturated rings. The summed E-state index contributed by atoms with van der Waals surface area (Å²) in [6.45, 7) is 4.92. The van der Waals surface area contributed by atoms with Gasteiger partial charge in [0.15, 0.2) is 0 Å². The number of hydrogen-bond acceptors (Lipinski definition) is 3. The fourth-order valence-electron chi connectivity index (χ4n) is 2.22. The van der Waals surface area contributed by atoms with Crippen molar-refractivity contribution in [1.29, 1.82) is 0 Å². The summed E-state index contributed by atoms with van der Waals surface area (Å²) in [5, 5.41) is 12.8. The molecule has 2 rings (SSSR count). The van der Waals surface area contributed by atoms with Gasteiger partial charge in [-0.1, -0.05) is 24.3 Å². The van der Waals surface area contributed by atoms with E-state index in [1.54, 1.807) is 12.3 Å². The molecule has 0 spiro atoms. The Labute approximate surface area is 130 Å². The van der Waals surface area contributed by atoms with Crippen molar-refractivity contribution in [2.45, 2.75) is 26.5 Å². The molecule has 0 radical (unpaired) electrons. The minimum atomic E-state index is -0.712. The van der Waals surface area contributed by atoms with Crippen molar-refractivity contribution in [3.05, 3.63) is 59.7 Å². The number of hydrogen-bond donors (Lipinski definition) is 2. The predicted octanol–water partition coefficient (Wildman–Crippen LogP) is 2.07. The van der Waals surface area contributed by atoms with Gasteiger partial charge in [0.05, 0.1) is 6.10 Å². The largest absolute Gasteiger partial charge is 0.387 e. The van der Waals surface area contributed by atoms with Gasteiger partial charge in [-0.05, 0) is 31.1 Å². The van der Waals surface area contributed by atoms with Crippen molar-refractivity contribution in [1.82, 2.24) is 14.9 Å². The molecule has 0 aliphatic heterocycles. The number of nitrogens with zero attached hydrogens (tertiary/aromatic N) is 2. The van der Waals surface area contributed by atoms with Crippen LogP contribution in [0.1, 0.15) is 30.0 Å². The first kappa shape index (κ1) is 16.0. The molecule has 0 saturated carbocycles. The van der Waals surface area contributed by atoms with Crippen molar-refractivity contribution >= 4 is 12.0 Å². The summed E-state index contributed by atoms with van der Waals surface area (Å²) < 4.78 is 1.94. The molecule has 5 nitrogen and oxygen atoms in total. The molecule has 1 amide bonds. The highest BCUT2D eigenvalue weighted by Gasteiger charge is 2.10. The Morgan fingerprint density at radius 1 is 1.45 bits per heavy atom. The van der Waals surface area contributed by atoms with E-state index < -0.39 is 6.10 Å². The zero-order valence-corrected chi connectivity index (χ0v) is 12.9. The number of amides is 1. The Morgan fingerprint density at radius 2 is 2.23 bits per heavy atom. The Kier molecular flexibility index (Phi) is 5.49. The molecule has 1 aromatic heterocycles. The molecule has 1 atom stereocenters. The van der Waals surface area contributed by atoms with Crippen molar-refractivity contribution in [3.8, 4) is 0 Å². The van der Waals surface area contributed by atoms with Crippen LogP contribution in [0.4, 0.5) is 0 Å². The quantitative estimate of drug-likeness (QED) is 0.803. The Bertz CT molecular complexity index is 661. The van der Waals surface area contributed by atoms with Crippen LogP contribution >= 0.6 is 0 Å². The van der Waals surface area contributed by atoms with Crippen LogP contribution in [0.2, 0.25) is 0 Å². The lowest BCUT2D eigenvalue weighted by molar-refractivity contribution is -0.116. The number of rotatable bonds is 6. The van der Waals surface area contributed by atoms with E-state index in [9.17, 15) is 9.90 Å². The molecule has 116 valence electrons. The van der Waals surface area contributed by atoms with Crippen LogP contribution in [0.25, 0.3) is 6.08 Å². The highest BCUT2D eigenvalue weighted by Crippen LogP contribution is 2.16. The summed E-state index contributed by atoms with van der Waals surface area (Å²) in [6, 6.07) is 7.59. The van der Waals surface area contributed by atoms with Crippen molar-refractivity contribution in [2.24, 2.45) is 0 Å². The first-order valence-corrected chi connectivity index (χ1v) is 7.32. The van der Waals surface area contributed by atoms with Crippen LogP contribution in [0.15, 0.2) is 42.7 Å². The van der Waals surface area contributed by atoms with Crippen LogP contribution in [0.3, 0.4) is 0 Å². The maximum absolute atomic E-state index is 11.8. The summed E-state index contributed by atoms with van der Waals surface area (Å²) >= 11 is 0. The molecule has 2 N–H and O–H groups in total. The second-order valence-corrected chi connectivity index (χ2v) is 5.02. The maximum Gasteiger partial charge on any atom is 0.244 e. The van der Waals surface area contributed by atoms with E-state index in [1.165, 1.54) is 6.08 Å². The summed E-state index contributed by atoms with van der Waals surface area (Å²) in [7, 11) is 0. The lowest BCUT2D eigenvalue weighted by Gasteiger charge is -2.13. The van der Waals surface area contributed by atoms with Gasteiger partial charge < -0.3 is 15.0 Å². The zero-order chi connectivity index (χ0) is 15.9. The van der Waals surface area contributed by atoms with Gasteiger partial charge in [-0.15, -0.1) is 0 Å². The maximum atomic E-state index is 11.8. The first-order valence-electron chi connectivity index (χ1n) is 7.32. The van der Waals surface area contributed by atoms with Gasteiger partial charge in [0, 0.05) is 31.6 Å². The normalized spacial score (nSPS) is 12.5. The van der Waals surface area contributed by atoms with Crippen LogP contribution in [-0.4, -0.2) is 27.1 Å². The fourth-order valence-corrected chi connectivity index (χ4v) is 2.22. The Balaban J connectivity index is 1.89. The number of aryl methyl sites for hydroxylation is 2. The molecule has 1 aromatic carbocycles. The van der Waals surface area contributed by atoms with Gasteiger partial charge in [-0.2, -0.15) is 0 Å². The fraction of sp³-hybridized carbons (Fsp3) is 0.294. The smallest absolute Gasteiger partial charge is 0.244 e. The predicted molar refractivity (Wildman–Crippen MR) is 86.1 cm³/mol. The molecule has 0 aliphatic rings. The minimum Gasteiger partial charge on any atom is -0.387 e. The van der Waals surface area contributed by atoms with E-state index in [0.717, 1.165) is 23.5 Å². The molecule has 0 aliphatic carbocycles. The Morgan fingerprint density at radius 3 is 2.95 bits per heavy atom. The highest BCUT2D eigenvalue weighted by molar-refractivity contribution is 5.91. The molecule has 22 heavy (non-hydrogen) atoms. The SMILES string of the molecule is CCn1ccnc1/C=C/C(=O)NCC(O)c1ccccc1C. The third-order valence-corrected chi connectivity index (χ3v) is 3.49. The second-order valence-electron chi connectivity index (χ2n) is 5.02. The molecule has 0 bridgehead atoms. The van der Waals surface area contributed by atoms with Gasteiger partial charge in [0.25, 0.3) is 0 Å². The van der Waals surface area contributed by atoms with Gasteiger partial charge in [-0.25, -0.2) is 4.98 Å². The number of benzene rings is 1. The standard InChI is InChI=1S/C17H21N3O2/c1-3-20-11-10-18-16(20)8-9-17(22)19-12-15(21)14-7-5-4-6-13(14)2/h4-11,15,21H,3,12H2,1-2H3,(H,19,22)/b9-8+. The van der Waals surface area contributed by atoms with E-state index in [-0.39, 0.29) is 12.5 Å². The first-order chi connectivity index (χ1) is 10.6. The third kappa shape index (κ3) is 4.05. The molecule has 1 unspecified atom stereocenters. The summed E-state index contributed by atoms with van der Waals surface area (Å²) in [5.41, 5.74) is 1.83. The zero-order valence-electron chi connectivity index (χ0n) is 12.9. The molecule has 1 heterocycles. The van der Waals surface area contributed by atoms with E-state index in [1.807, 2.05) is 48.9 Å². The topological polar surface area (TPSA) is 67.2 Å². The number of aromatic nitrogens is 2. The van der Waals surface area contributed by atoms with Crippen LogP contribution < -0.4 is 5.32 Å². The van der Waals surface area contributed by atoms with E-state index in [2.05, 4.69) is 10.3 Å². The summed E-state index contributed by atoms with van der Waals surface area (Å²) in [5.74, 6) is 0.482. The number of carbonyl (C=O) groups excluding carboxylic acids is 1. The van der Waals surface area contributed by atoms with E-state index in [4.69, 9.17) is 0 Å². The number of nitrogens with one attached hydrogen (secondary N) is 1. The summed E-state index contributed by atoms with van der Waals surface area (Å²) in [4.78, 5) is 16.0. The average Bonchev–Trinajstić information content (AvgIpc) is 2.98. The van der Waals surface area contributed by atoms with E-state index >= 15 is 0 Å². The monoisotopic (exact) mass is 299 g/mol. The van der Waals surface area contributed by atoms with Crippen LogP contribution in [-0.2, 0) is 11.3 Å². The van der Waals surface area contributed by atoms with Crippen molar-refractivity contribution in [2.75, 3.05) is 6.54 Å². The number of carbonyl (C=O) groups is 1. The van der Waals surface area contributed by atoms with Gasteiger partial charge in [0.1, 0.15) is 5.82 Å². The van der Waals surface area contributed by atoms with Gasteiger partial charge in [0.2, 0.25) is 5.91 Å². The highest BCUT2D eigenvalue weighted by atomic mass is 16.3. The molecule has 0 saturated heterocycles. The van der Waals surface area contributed by atoms with Crippen molar-refractivity contribution < 1.29 is 9.90 Å². The summed E-state index contributed by atoms with van der Waals surface area (Å²) in [6.07, 6.45) is 5.94. The lowest BCUT2D eigenvalue weighted by Crippen LogP contribution is -2.27. The van der Waals surface area contributed by atoms with Crippen LogP contribution in [0.5, 0.6) is 0 Å². The molecular formula is C17H21N3O2. The third-order valence-electron chi connectivity index (χ3n) is 3.49. The number of aliphatic hydroxyl groups excluding tert-OH is 1. The molecule has 2 aromatic rings. The Hall–Kier alpha value is -2.40. The lowest BCUT2D eigenvalue weighted by atomic mass is 10.0. The number of aliphatic hydroxyl groups is 1. The van der Waals surface area contributed by atoms with Crippen molar-refractivity contribution in [3.63, 3.8) is 0 Å². The average molecular weight is 299 g/mol. The van der Waals surface area contributed by atoms with Gasteiger partial charge >= 0.3 is 0 Å². The molecular weight excluding hydrogens is 278 g/mol. The second kappa shape index (κ2) is 7.56. The number of imidazole rings is 1. The molecule has 5 heteroatoms. The van der Waals surface area contributed by atoms with Crippen LogP contribution in [0, 0.1) is 6.92 Å². The minimum absolute atomic E-state index is 0.177. The van der Waals surface area contributed by atoms with E-state index in [0.29, 0.717) is 0 Å². The van der Waals surface area contributed by atoms with Gasteiger partial charge in [-0.3, -0.25) is 4.79 Å².